The van der Waals surface area contributed by atoms with Crippen molar-refractivity contribution in [3.05, 3.63) is 69.9 Å². The summed E-state index contributed by atoms with van der Waals surface area (Å²) in [5.41, 5.74) is 2.62. The lowest BCUT2D eigenvalue weighted by Gasteiger charge is -2.33. The Morgan fingerprint density at radius 2 is 1.91 bits per heavy atom. The normalized spacial score (nSPS) is 15.4. The van der Waals surface area contributed by atoms with Gasteiger partial charge < -0.3 is 15.2 Å². The Morgan fingerprint density at radius 1 is 1.12 bits per heavy atom. The summed E-state index contributed by atoms with van der Waals surface area (Å²) in [6.45, 7) is 6.45. The topological polar surface area (TPSA) is 70.4 Å². The van der Waals surface area contributed by atoms with Crippen LogP contribution in [0.4, 0.5) is 0 Å². The van der Waals surface area contributed by atoms with E-state index in [0.29, 0.717) is 19.1 Å². The lowest BCUT2D eigenvalue weighted by atomic mass is 10.0. The van der Waals surface area contributed by atoms with Crippen molar-refractivity contribution in [2.45, 2.75) is 45.4 Å². The number of aliphatic imine (C=N–C) groups is 1. The van der Waals surface area contributed by atoms with Gasteiger partial charge in [0.2, 0.25) is 0 Å². The number of halogens is 1. The van der Waals surface area contributed by atoms with Crippen molar-refractivity contribution in [3.63, 3.8) is 0 Å². The number of nitrogens with zero attached hydrogens (tertiary/aromatic N) is 5. The van der Waals surface area contributed by atoms with Crippen LogP contribution in [0, 0.1) is 6.92 Å². The van der Waals surface area contributed by atoms with Crippen molar-refractivity contribution in [2.75, 3.05) is 13.1 Å². The molecule has 0 unspecified atom stereocenters. The van der Waals surface area contributed by atoms with Crippen LogP contribution in [0.5, 0.6) is 0 Å². The maximum absolute atomic E-state index is 4.84. The van der Waals surface area contributed by atoms with Gasteiger partial charge in [-0.1, -0.05) is 30.3 Å². The summed E-state index contributed by atoms with van der Waals surface area (Å²) in [5.74, 6) is 2.64. The number of thiophene rings is 1. The van der Waals surface area contributed by atoms with Gasteiger partial charge in [0.15, 0.2) is 11.8 Å². The second-order valence-electron chi connectivity index (χ2n) is 8.05. The van der Waals surface area contributed by atoms with Crippen LogP contribution in [0.25, 0.3) is 0 Å². The van der Waals surface area contributed by atoms with Crippen LogP contribution in [0.1, 0.15) is 35.6 Å². The molecule has 0 spiro atoms. The molecule has 172 valence electrons. The molecular formula is C23H32IN7S. The highest BCUT2D eigenvalue weighted by Crippen LogP contribution is 2.15. The quantitative estimate of drug-likeness (QED) is 0.260. The van der Waals surface area contributed by atoms with Crippen molar-refractivity contribution in [1.29, 1.82) is 0 Å². The lowest BCUT2D eigenvalue weighted by molar-refractivity contribution is 0.198. The van der Waals surface area contributed by atoms with E-state index in [1.165, 1.54) is 11.1 Å². The zero-order chi connectivity index (χ0) is 21.5. The molecule has 1 aliphatic rings. The number of aryl methyl sites for hydroxylation is 1. The van der Waals surface area contributed by atoms with Crippen LogP contribution in [0.2, 0.25) is 0 Å². The van der Waals surface area contributed by atoms with E-state index in [1.54, 1.807) is 11.3 Å². The maximum atomic E-state index is 4.84. The fourth-order valence-electron chi connectivity index (χ4n) is 3.74. The second-order valence-corrected chi connectivity index (χ2v) is 8.83. The minimum absolute atomic E-state index is 0. The van der Waals surface area contributed by atoms with Crippen LogP contribution < -0.4 is 10.6 Å². The summed E-state index contributed by atoms with van der Waals surface area (Å²) in [6, 6.07) is 13.0. The molecule has 4 rings (SSSR count). The summed E-state index contributed by atoms with van der Waals surface area (Å²) in [4.78, 5) is 7.38. The molecule has 0 aliphatic carbocycles. The Hall–Kier alpha value is -1.98. The van der Waals surface area contributed by atoms with Gasteiger partial charge in [-0.2, -0.15) is 11.3 Å². The van der Waals surface area contributed by atoms with Crippen LogP contribution in [-0.2, 0) is 26.7 Å². The number of likely N-dealkylation sites (tertiary alicyclic amines) is 1. The van der Waals surface area contributed by atoms with E-state index < -0.39 is 0 Å². The van der Waals surface area contributed by atoms with Crippen LogP contribution in [-0.4, -0.2) is 44.8 Å². The number of hydrogen-bond donors (Lipinski definition) is 2. The molecule has 32 heavy (non-hydrogen) atoms. The van der Waals surface area contributed by atoms with Gasteiger partial charge in [0, 0.05) is 32.7 Å². The number of guanidine groups is 1. The van der Waals surface area contributed by atoms with Gasteiger partial charge in [-0.05, 0) is 47.7 Å². The van der Waals surface area contributed by atoms with E-state index in [4.69, 9.17) is 4.99 Å². The third kappa shape index (κ3) is 7.01. The zero-order valence-electron chi connectivity index (χ0n) is 18.7. The summed E-state index contributed by atoms with van der Waals surface area (Å²) >= 11 is 1.77. The molecule has 1 aliphatic heterocycles. The minimum Gasteiger partial charge on any atom is -0.354 e. The van der Waals surface area contributed by atoms with Gasteiger partial charge >= 0.3 is 0 Å². The Kier molecular flexibility index (Phi) is 9.49. The summed E-state index contributed by atoms with van der Waals surface area (Å²) in [7, 11) is 1.99. The number of hydrogen-bond acceptors (Lipinski definition) is 5. The number of benzene rings is 1. The van der Waals surface area contributed by atoms with Crippen molar-refractivity contribution in [2.24, 2.45) is 12.0 Å². The number of rotatable bonds is 7. The molecule has 0 saturated carbocycles. The smallest absolute Gasteiger partial charge is 0.192 e. The minimum atomic E-state index is 0. The highest BCUT2D eigenvalue weighted by molar-refractivity contribution is 14.0. The van der Waals surface area contributed by atoms with Gasteiger partial charge in [0.25, 0.3) is 0 Å². The van der Waals surface area contributed by atoms with Crippen molar-refractivity contribution >= 4 is 41.3 Å². The SMILES string of the molecule is Cc1nnc(CNC(=NCc2ccccc2)NC2CCN(Cc3ccsc3)CC2)n1C.I. The fourth-order valence-corrected chi connectivity index (χ4v) is 4.40. The van der Waals surface area contributed by atoms with Gasteiger partial charge in [-0.15, -0.1) is 34.2 Å². The maximum Gasteiger partial charge on any atom is 0.192 e. The Morgan fingerprint density at radius 3 is 2.56 bits per heavy atom. The molecule has 1 aromatic carbocycles. The standard InChI is InChI=1S/C23H31N7S.HI/c1-18-27-28-22(29(18)2)15-25-23(24-14-19-6-4-3-5-7-19)26-21-8-11-30(12-9-21)16-20-10-13-31-17-20;/h3-7,10,13,17,21H,8-9,11-12,14-16H2,1-2H3,(H2,24,25,26);1H. The summed E-state index contributed by atoms with van der Waals surface area (Å²) < 4.78 is 2.00. The summed E-state index contributed by atoms with van der Waals surface area (Å²) in [6.07, 6.45) is 2.22. The van der Waals surface area contributed by atoms with E-state index in [2.05, 4.69) is 66.8 Å². The average molecular weight is 566 g/mol. The molecular weight excluding hydrogens is 533 g/mol. The second kappa shape index (κ2) is 12.3. The summed E-state index contributed by atoms with van der Waals surface area (Å²) in [5, 5.41) is 19.9. The molecule has 7 nitrogen and oxygen atoms in total. The Bertz CT molecular complexity index is 964. The number of nitrogens with one attached hydrogen (secondary N) is 2. The predicted molar refractivity (Wildman–Crippen MR) is 141 cm³/mol. The molecule has 1 fully saturated rings. The molecule has 0 amide bonds. The zero-order valence-corrected chi connectivity index (χ0v) is 21.8. The molecule has 1 saturated heterocycles. The van der Waals surface area contributed by atoms with E-state index in [0.717, 1.165) is 50.1 Å². The molecule has 9 heteroatoms. The third-order valence-electron chi connectivity index (χ3n) is 5.77. The first kappa shape index (κ1) is 24.7. The highest BCUT2D eigenvalue weighted by atomic mass is 127. The van der Waals surface area contributed by atoms with Crippen molar-refractivity contribution in [3.8, 4) is 0 Å². The number of aromatic nitrogens is 3. The van der Waals surface area contributed by atoms with Gasteiger partial charge in [0.05, 0.1) is 13.1 Å². The molecule has 0 radical (unpaired) electrons. The predicted octanol–water partition coefficient (Wildman–Crippen LogP) is 3.70. The molecule has 0 bridgehead atoms. The molecule has 3 heterocycles. The Balaban J connectivity index is 0.00000289. The largest absolute Gasteiger partial charge is 0.354 e. The van der Waals surface area contributed by atoms with Crippen molar-refractivity contribution in [1.82, 2.24) is 30.3 Å². The average Bonchev–Trinajstić information content (AvgIpc) is 3.42. The van der Waals surface area contributed by atoms with Gasteiger partial charge in [-0.25, -0.2) is 4.99 Å². The first-order valence-electron chi connectivity index (χ1n) is 10.8. The first-order valence-corrected chi connectivity index (χ1v) is 11.8. The third-order valence-corrected chi connectivity index (χ3v) is 6.51. The van der Waals surface area contributed by atoms with Crippen molar-refractivity contribution < 1.29 is 0 Å². The van der Waals surface area contributed by atoms with E-state index in [9.17, 15) is 0 Å². The van der Waals surface area contributed by atoms with E-state index in [1.807, 2.05) is 24.6 Å². The molecule has 2 N–H and O–H groups in total. The number of piperidine rings is 1. The van der Waals surface area contributed by atoms with Gasteiger partial charge in [0.1, 0.15) is 5.82 Å². The van der Waals surface area contributed by atoms with E-state index in [-0.39, 0.29) is 24.0 Å². The van der Waals surface area contributed by atoms with Crippen LogP contribution in [0.3, 0.4) is 0 Å². The highest BCUT2D eigenvalue weighted by Gasteiger charge is 2.20. The van der Waals surface area contributed by atoms with Gasteiger partial charge in [-0.3, -0.25) is 4.90 Å². The van der Waals surface area contributed by atoms with E-state index >= 15 is 0 Å². The lowest BCUT2D eigenvalue weighted by Crippen LogP contribution is -2.48. The monoisotopic (exact) mass is 565 g/mol. The molecule has 3 aromatic rings. The fraction of sp³-hybridized carbons (Fsp3) is 0.435. The Labute approximate surface area is 211 Å². The first-order chi connectivity index (χ1) is 15.2. The van der Waals surface area contributed by atoms with Crippen LogP contribution in [0.15, 0.2) is 52.2 Å². The molecule has 2 aromatic heterocycles. The molecule has 0 atom stereocenters. The van der Waals surface area contributed by atoms with Crippen LogP contribution >= 0.6 is 35.3 Å².